The zero-order valence-electron chi connectivity index (χ0n) is 21.4. The van der Waals surface area contributed by atoms with Crippen molar-refractivity contribution in [2.75, 3.05) is 14.1 Å². The number of hydrogen-bond donors (Lipinski definition) is 0. The third-order valence-corrected chi connectivity index (χ3v) is 6.28. The second-order valence-corrected chi connectivity index (χ2v) is 9.54. The minimum Gasteiger partial charge on any atom is -0.316 e. The van der Waals surface area contributed by atoms with Gasteiger partial charge in [-0.1, -0.05) is 41.6 Å². The summed E-state index contributed by atoms with van der Waals surface area (Å²) in [5.74, 6) is 0. The molecule has 0 aliphatic rings. The van der Waals surface area contributed by atoms with Crippen molar-refractivity contribution in [3.8, 4) is 33.8 Å². The van der Waals surface area contributed by atoms with Gasteiger partial charge in [0.2, 0.25) is 0 Å². The molecule has 0 fully saturated rings. The summed E-state index contributed by atoms with van der Waals surface area (Å²) in [4.78, 5) is 1.96. The van der Waals surface area contributed by atoms with Crippen molar-refractivity contribution in [3.05, 3.63) is 108 Å². The second-order valence-electron chi connectivity index (χ2n) is 9.54. The Bertz CT molecular complexity index is 1590. The van der Waals surface area contributed by atoms with Gasteiger partial charge in [-0.2, -0.15) is 26.3 Å². The molecule has 0 radical (unpaired) electrons. The van der Waals surface area contributed by atoms with Crippen molar-refractivity contribution < 1.29 is 26.3 Å². The molecule has 0 atom stereocenters. The van der Waals surface area contributed by atoms with E-state index in [2.05, 4.69) is 10.3 Å². The number of halogens is 6. The van der Waals surface area contributed by atoms with E-state index in [-0.39, 0.29) is 0 Å². The number of benzene rings is 3. The lowest BCUT2D eigenvalue weighted by atomic mass is 10.0. The van der Waals surface area contributed by atoms with Gasteiger partial charge in [-0.05, 0) is 73.3 Å². The van der Waals surface area contributed by atoms with E-state index in [1.165, 1.54) is 16.7 Å². The molecule has 3 aromatic carbocycles. The highest BCUT2D eigenvalue weighted by Crippen LogP contribution is 2.36. The summed E-state index contributed by atoms with van der Waals surface area (Å²) < 4.78 is 82.7. The minimum atomic E-state index is -4.55. The van der Waals surface area contributed by atoms with E-state index in [9.17, 15) is 26.3 Å². The van der Waals surface area contributed by atoms with E-state index < -0.39 is 23.5 Å². The molecular weight excluding hydrogens is 532 g/mol. The van der Waals surface area contributed by atoms with Gasteiger partial charge in [0.1, 0.15) is 0 Å². The molecule has 5 rings (SSSR count). The van der Waals surface area contributed by atoms with Gasteiger partial charge in [-0.15, -0.1) is 5.10 Å². The molecule has 11 heteroatoms. The Labute approximate surface area is 225 Å². The third kappa shape index (κ3) is 5.79. The molecule has 0 amide bonds. The predicted octanol–water partition coefficient (Wildman–Crippen LogP) is 7.49. The highest BCUT2D eigenvalue weighted by atomic mass is 19.4. The molecule has 0 unspecified atom stereocenters. The highest BCUT2D eigenvalue weighted by molar-refractivity contribution is 5.71. The Morgan fingerprint density at radius 1 is 0.650 bits per heavy atom. The molecule has 5 nitrogen and oxygen atoms in total. The first-order valence-corrected chi connectivity index (χ1v) is 12.1. The fourth-order valence-corrected chi connectivity index (χ4v) is 4.33. The van der Waals surface area contributed by atoms with E-state index in [0.717, 1.165) is 30.1 Å². The van der Waals surface area contributed by atoms with Crippen molar-refractivity contribution in [1.82, 2.24) is 24.5 Å². The maximum Gasteiger partial charge on any atom is 0.417 e. The third-order valence-electron chi connectivity index (χ3n) is 6.28. The summed E-state index contributed by atoms with van der Waals surface area (Å²) in [5, 5.41) is 8.25. The Morgan fingerprint density at radius 2 is 1.18 bits per heavy atom. The van der Waals surface area contributed by atoms with Gasteiger partial charge in [-0.25, -0.2) is 4.68 Å². The van der Waals surface area contributed by atoms with Crippen LogP contribution >= 0.6 is 0 Å². The molecule has 0 N–H and O–H groups in total. The van der Waals surface area contributed by atoms with Crippen molar-refractivity contribution >= 4 is 0 Å². The zero-order chi connectivity index (χ0) is 28.7. The Kier molecular flexibility index (Phi) is 7.01. The lowest BCUT2D eigenvalue weighted by Gasteiger charge is -2.12. The molecule has 206 valence electrons. The lowest BCUT2D eigenvalue weighted by Crippen LogP contribution is -2.10. The van der Waals surface area contributed by atoms with Crippen LogP contribution in [0.1, 0.15) is 16.8 Å². The summed E-state index contributed by atoms with van der Waals surface area (Å²) in [5.41, 5.74) is 2.45. The maximum atomic E-state index is 13.7. The Hall–Kier alpha value is -4.38. The van der Waals surface area contributed by atoms with Crippen LogP contribution in [0.4, 0.5) is 26.3 Å². The largest absolute Gasteiger partial charge is 0.417 e. The van der Waals surface area contributed by atoms with E-state index in [0.29, 0.717) is 40.3 Å². The molecule has 0 aliphatic heterocycles. The van der Waals surface area contributed by atoms with Gasteiger partial charge in [0.25, 0.3) is 0 Å². The van der Waals surface area contributed by atoms with Gasteiger partial charge in [-0.3, -0.25) is 0 Å². The van der Waals surface area contributed by atoms with E-state index >= 15 is 0 Å². The van der Waals surface area contributed by atoms with Crippen LogP contribution in [0.5, 0.6) is 0 Å². The van der Waals surface area contributed by atoms with Gasteiger partial charge in [0.15, 0.2) is 0 Å². The number of hydrogen-bond acceptors (Lipinski definition) is 3. The van der Waals surface area contributed by atoms with Crippen LogP contribution < -0.4 is 0 Å². The van der Waals surface area contributed by atoms with E-state index in [4.69, 9.17) is 0 Å². The number of rotatable bonds is 6. The monoisotopic (exact) mass is 555 g/mol. The first kappa shape index (κ1) is 27.2. The molecule has 0 saturated carbocycles. The smallest absolute Gasteiger partial charge is 0.316 e. The van der Waals surface area contributed by atoms with Gasteiger partial charge in [0.05, 0.1) is 34.4 Å². The van der Waals surface area contributed by atoms with Crippen molar-refractivity contribution in [2.45, 2.75) is 18.9 Å². The molecule has 0 bridgehead atoms. The molecule has 0 saturated heterocycles. The lowest BCUT2D eigenvalue weighted by molar-refractivity contribution is -0.138. The van der Waals surface area contributed by atoms with Crippen LogP contribution in [0, 0.1) is 0 Å². The number of aromatic nitrogens is 4. The molecule has 0 aliphatic carbocycles. The van der Waals surface area contributed by atoms with Crippen molar-refractivity contribution in [2.24, 2.45) is 0 Å². The maximum absolute atomic E-state index is 13.7. The number of nitrogens with zero attached hydrogens (tertiary/aromatic N) is 5. The quantitative estimate of drug-likeness (QED) is 0.204. The average Bonchev–Trinajstić information content (AvgIpc) is 3.56. The molecule has 5 aromatic rings. The molecular formula is C29H23F6N5. The standard InChI is InChI=1S/C29H23F6N5/c1-38(2)17-24-18-40(37-36-24)26-13-11-25(12-14-26)39-16-23(29(33,34)35)15-27(39)21-5-3-19(4-6-21)20-7-9-22(10-8-20)28(30,31)32/h3-16,18H,17H2,1-2H3. The summed E-state index contributed by atoms with van der Waals surface area (Å²) in [7, 11) is 3.83. The van der Waals surface area contributed by atoms with Crippen LogP contribution in [-0.2, 0) is 18.9 Å². The van der Waals surface area contributed by atoms with Crippen LogP contribution in [-0.4, -0.2) is 38.6 Å². The van der Waals surface area contributed by atoms with Crippen molar-refractivity contribution in [3.63, 3.8) is 0 Å². The molecule has 40 heavy (non-hydrogen) atoms. The van der Waals surface area contributed by atoms with Gasteiger partial charge >= 0.3 is 12.4 Å². The fourth-order valence-electron chi connectivity index (χ4n) is 4.33. The van der Waals surface area contributed by atoms with Crippen LogP contribution in [0.15, 0.2) is 91.3 Å². The highest BCUT2D eigenvalue weighted by Gasteiger charge is 2.33. The molecule has 2 aromatic heterocycles. The second kappa shape index (κ2) is 10.3. The molecule has 0 spiro atoms. The summed E-state index contributed by atoms with van der Waals surface area (Å²) in [6.45, 7) is 0.614. The minimum absolute atomic E-state index is 0.313. The van der Waals surface area contributed by atoms with Gasteiger partial charge < -0.3 is 9.47 Å². The summed E-state index contributed by atoms with van der Waals surface area (Å²) >= 11 is 0. The SMILES string of the molecule is CN(C)Cc1cn(-c2ccc(-n3cc(C(F)(F)F)cc3-c3ccc(-c4ccc(C(F)(F)F)cc4)cc3)cc2)nn1. The van der Waals surface area contributed by atoms with Gasteiger partial charge in [0, 0.05) is 18.4 Å². The Balaban J connectivity index is 1.46. The first-order chi connectivity index (χ1) is 18.9. The first-order valence-electron chi connectivity index (χ1n) is 12.1. The van der Waals surface area contributed by atoms with E-state index in [1.54, 1.807) is 59.4 Å². The van der Waals surface area contributed by atoms with Crippen LogP contribution in [0.2, 0.25) is 0 Å². The summed E-state index contributed by atoms with van der Waals surface area (Å²) in [6.07, 6.45) is -6.16. The molecule has 2 heterocycles. The van der Waals surface area contributed by atoms with Crippen LogP contribution in [0.3, 0.4) is 0 Å². The average molecular weight is 556 g/mol. The van der Waals surface area contributed by atoms with Crippen LogP contribution in [0.25, 0.3) is 33.8 Å². The number of alkyl halides is 6. The predicted molar refractivity (Wildman–Crippen MR) is 139 cm³/mol. The topological polar surface area (TPSA) is 38.9 Å². The fraction of sp³-hybridized carbons (Fsp3) is 0.172. The Morgan fingerprint density at radius 3 is 1.73 bits per heavy atom. The summed E-state index contributed by atoms with van der Waals surface area (Å²) in [6, 6.07) is 19.3. The van der Waals surface area contributed by atoms with Crippen molar-refractivity contribution in [1.29, 1.82) is 0 Å². The normalized spacial score (nSPS) is 12.3. The van der Waals surface area contributed by atoms with E-state index in [1.807, 2.05) is 19.0 Å². The zero-order valence-corrected chi connectivity index (χ0v) is 21.4.